The van der Waals surface area contributed by atoms with Gasteiger partial charge >= 0.3 is 5.97 Å². The molecule has 166 valence electrons. The molecule has 1 aromatic heterocycles. The predicted molar refractivity (Wildman–Crippen MR) is 128 cm³/mol. The Morgan fingerprint density at radius 3 is 2.22 bits per heavy atom. The van der Waals surface area contributed by atoms with Gasteiger partial charge in [0.2, 0.25) is 0 Å². The minimum absolute atomic E-state index is 0.167. The number of carbonyl (C=O) groups is 1. The molecule has 4 heteroatoms. The largest absolute Gasteiger partial charge is 0.478 e. The van der Waals surface area contributed by atoms with Crippen LogP contribution in [0.3, 0.4) is 0 Å². The maximum Gasteiger partial charge on any atom is 0.335 e. The maximum atomic E-state index is 11.3. The van der Waals surface area contributed by atoms with E-state index in [0.717, 1.165) is 30.5 Å². The quantitative estimate of drug-likeness (QED) is 0.522. The molecule has 0 radical (unpaired) electrons. The van der Waals surface area contributed by atoms with Crippen LogP contribution in [0.15, 0.2) is 36.4 Å². The first-order valence-corrected chi connectivity index (χ1v) is 11.7. The van der Waals surface area contributed by atoms with Crippen LogP contribution in [0.4, 0.5) is 0 Å². The van der Waals surface area contributed by atoms with E-state index >= 15 is 0 Å². The zero-order valence-electron chi connectivity index (χ0n) is 19.7. The molecule has 0 saturated carbocycles. The van der Waals surface area contributed by atoms with E-state index in [4.69, 9.17) is 5.10 Å². The molecule has 1 heterocycles. The van der Waals surface area contributed by atoms with Gasteiger partial charge in [-0.05, 0) is 77.8 Å². The number of hydrogen-bond acceptors (Lipinski definition) is 2. The van der Waals surface area contributed by atoms with Crippen molar-refractivity contribution in [2.75, 3.05) is 0 Å². The van der Waals surface area contributed by atoms with Crippen LogP contribution in [0.25, 0.3) is 22.5 Å². The van der Waals surface area contributed by atoms with Crippen molar-refractivity contribution in [3.63, 3.8) is 0 Å². The van der Waals surface area contributed by atoms with Crippen LogP contribution < -0.4 is 0 Å². The van der Waals surface area contributed by atoms with Gasteiger partial charge in [0.05, 0.1) is 17.0 Å². The number of fused-ring (bicyclic) bond motifs is 4. The Balaban J connectivity index is 1.70. The first-order chi connectivity index (χ1) is 15.1. The Labute approximate surface area is 190 Å². The number of aromatic carboxylic acids is 1. The molecule has 32 heavy (non-hydrogen) atoms. The van der Waals surface area contributed by atoms with E-state index in [1.807, 2.05) is 23.9 Å². The zero-order chi connectivity index (χ0) is 22.8. The number of nitrogens with zero attached hydrogens (tertiary/aromatic N) is 2. The van der Waals surface area contributed by atoms with Crippen molar-refractivity contribution in [1.82, 2.24) is 9.78 Å². The third kappa shape index (κ3) is 3.19. The standard InChI is InChI=1S/C28H32N2O2/c1-27(2)13-14-28(3,4)23-16-21-19(15-22(23)27)7-6-8-20-24(29-30(5)25(20)21)17-9-11-18(12-10-17)26(31)32/h9-12,15-16H,6-8,13-14H2,1-5H3,(H,31,32). The summed E-state index contributed by atoms with van der Waals surface area (Å²) in [7, 11) is 2.04. The van der Waals surface area contributed by atoms with Crippen LogP contribution in [-0.4, -0.2) is 20.9 Å². The number of aromatic nitrogens is 2. The zero-order valence-corrected chi connectivity index (χ0v) is 19.7. The lowest BCUT2D eigenvalue weighted by molar-refractivity contribution is 0.0697. The van der Waals surface area contributed by atoms with E-state index in [1.54, 1.807) is 12.1 Å². The minimum atomic E-state index is -0.902. The van der Waals surface area contributed by atoms with Gasteiger partial charge in [0.15, 0.2) is 0 Å². The summed E-state index contributed by atoms with van der Waals surface area (Å²) < 4.78 is 2.04. The molecule has 0 saturated heterocycles. The highest BCUT2D eigenvalue weighted by atomic mass is 16.4. The molecule has 2 aliphatic carbocycles. The van der Waals surface area contributed by atoms with Gasteiger partial charge in [-0.15, -0.1) is 0 Å². The normalized spacial score (nSPS) is 18.3. The summed E-state index contributed by atoms with van der Waals surface area (Å²) in [5.74, 6) is -0.902. The molecule has 0 amide bonds. The molecule has 5 rings (SSSR count). The second-order valence-corrected chi connectivity index (χ2v) is 10.9. The smallest absolute Gasteiger partial charge is 0.335 e. The molecule has 3 aromatic rings. The summed E-state index contributed by atoms with van der Waals surface area (Å²) in [6, 6.07) is 12.1. The van der Waals surface area contributed by atoms with Crippen molar-refractivity contribution in [2.24, 2.45) is 7.05 Å². The van der Waals surface area contributed by atoms with Gasteiger partial charge < -0.3 is 5.11 Å². The van der Waals surface area contributed by atoms with Crippen molar-refractivity contribution in [2.45, 2.75) is 70.6 Å². The van der Waals surface area contributed by atoms with E-state index in [1.165, 1.54) is 46.4 Å². The van der Waals surface area contributed by atoms with E-state index in [-0.39, 0.29) is 10.8 Å². The van der Waals surface area contributed by atoms with Crippen LogP contribution in [0.5, 0.6) is 0 Å². The maximum absolute atomic E-state index is 11.3. The van der Waals surface area contributed by atoms with Crippen molar-refractivity contribution < 1.29 is 9.90 Å². The van der Waals surface area contributed by atoms with Gasteiger partial charge in [-0.2, -0.15) is 5.10 Å². The Morgan fingerprint density at radius 2 is 1.59 bits per heavy atom. The van der Waals surface area contributed by atoms with Crippen molar-refractivity contribution in [1.29, 1.82) is 0 Å². The van der Waals surface area contributed by atoms with E-state index in [2.05, 4.69) is 39.8 Å². The summed E-state index contributed by atoms with van der Waals surface area (Å²) >= 11 is 0. The third-order valence-electron chi connectivity index (χ3n) is 7.76. The van der Waals surface area contributed by atoms with E-state index in [9.17, 15) is 9.90 Å². The number of aryl methyl sites for hydroxylation is 2. The molecule has 0 atom stereocenters. The number of carboxylic acid groups (broad SMARTS) is 1. The SMILES string of the molecule is Cn1nc(-c2ccc(C(=O)O)cc2)c2c1-c1cc3c(cc1CCC2)C(C)(C)CCC3(C)C. The number of carboxylic acids is 1. The van der Waals surface area contributed by atoms with Crippen LogP contribution >= 0.6 is 0 Å². The van der Waals surface area contributed by atoms with Crippen molar-refractivity contribution in [3.05, 3.63) is 64.2 Å². The Hall–Kier alpha value is -2.88. The topological polar surface area (TPSA) is 55.1 Å². The van der Waals surface area contributed by atoms with Crippen molar-refractivity contribution >= 4 is 5.97 Å². The van der Waals surface area contributed by atoms with Gasteiger partial charge in [0, 0.05) is 23.7 Å². The van der Waals surface area contributed by atoms with Crippen molar-refractivity contribution in [3.8, 4) is 22.5 Å². The lowest BCUT2D eigenvalue weighted by atomic mass is 9.62. The molecule has 1 N–H and O–H groups in total. The van der Waals surface area contributed by atoms with E-state index < -0.39 is 5.97 Å². The van der Waals surface area contributed by atoms with Crippen LogP contribution in [0, 0.1) is 0 Å². The Morgan fingerprint density at radius 1 is 0.969 bits per heavy atom. The van der Waals surface area contributed by atoms with Gasteiger partial charge in [0.25, 0.3) is 0 Å². The predicted octanol–water partition coefficient (Wildman–Crippen LogP) is 6.29. The summed E-state index contributed by atoms with van der Waals surface area (Å²) in [5.41, 5.74) is 10.9. The van der Waals surface area contributed by atoms with Crippen LogP contribution in [0.1, 0.15) is 79.6 Å². The average molecular weight is 429 g/mol. The highest BCUT2D eigenvalue weighted by Gasteiger charge is 2.38. The molecule has 0 spiro atoms. The molecule has 2 aliphatic rings. The van der Waals surface area contributed by atoms with Crippen LogP contribution in [0.2, 0.25) is 0 Å². The highest BCUT2D eigenvalue weighted by Crippen LogP contribution is 2.49. The number of hydrogen-bond donors (Lipinski definition) is 1. The molecule has 4 nitrogen and oxygen atoms in total. The average Bonchev–Trinajstić information content (AvgIpc) is 2.95. The lowest BCUT2D eigenvalue weighted by Crippen LogP contribution is -2.34. The van der Waals surface area contributed by atoms with Gasteiger partial charge in [-0.1, -0.05) is 45.9 Å². The fourth-order valence-corrected chi connectivity index (χ4v) is 5.69. The summed E-state index contributed by atoms with van der Waals surface area (Å²) in [4.78, 5) is 11.3. The fraction of sp³-hybridized carbons (Fsp3) is 0.429. The van der Waals surface area contributed by atoms with Gasteiger partial charge in [-0.3, -0.25) is 4.68 Å². The molecule has 0 unspecified atom stereocenters. The Kier molecular flexibility index (Phi) is 4.63. The molecule has 0 aliphatic heterocycles. The second-order valence-electron chi connectivity index (χ2n) is 10.9. The summed E-state index contributed by atoms with van der Waals surface area (Å²) in [6.45, 7) is 9.53. The third-order valence-corrected chi connectivity index (χ3v) is 7.76. The number of rotatable bonds is 2. The Bertz CT molecular complexity index is 1230. The molecule has 2 aromatic carbocycles. The number of benzene rings is 2. The van der Waals surface area contributed by atoms with Gasteiger partial charge in [-0.25, -0.2) is 4.79 Å². The molecule has 0 bridgehead atoms. The first kappa shape index (κ1) is 21.0. The molecule has 0 fully saturated rings. The highest BCUT2D eigenvalue weighted by molar-refractivity contribution is 5.88. The fourth-order valence-electron chi connectivity index (χ4n) is 5.69. The van der Waals surface area contributed by atoms with E-state index in [0.29, 0.717) is 5.56 Å². The summed E-state index contributed by atoms with van der Waals surface area (Å²) in [6.07, 6.45) is 5.56. The first-order valence-electron chi connectivity index (χ1n) is 11.7. The monoisotopic (exact) mass is 428 g/mol. The molecular weight excluding hydrogens is 396 g/mol. The van der Waals surface area contributed by atoms with Gasteiger partial charge in [0.1, 0.15) is 0 Å². The minimum Gasteiger partial charge on any atom is -0.478 e. The lowest BCUT2D eigenvalue weighted by Gasteiger charge is -2.42. The molecular formula is C28H32N2O2. The summed E-state index contributed by atoms with van der Waals surface area (Å²) in [5, 5.41) is 14.2. The van der Waals surface area contributed by atoms with Crippen LogP contribution in [-0.2, 0) is 30.7 Å². The second kappa shape index (κ2) is 7.06.